The van der Waals surface area contributed by atoms with Gasteiger partial charge in [-0.05, 0) is 13.8 Å². The third-order valence-corrected chi connectivity index (χ3v) is 1.65. The summed E-state index contributed by atoms with van der Waals surface area (Å²) in [6.45, 7) is 6.10. The summed E-state index contributed by atoms with van der Waals surface area (Å²) in [6.07, 6.45) is 1.92. The fraction of sp³-hybridized carbons (Fsp3) is 0.625. The molecule has 1 aromatic heterocycles. The molecule has 0 spiro atoms. The van der Waals surface area contributed by atoms with Crippen LogP contribution in [-0.4, -0.2) is 16.2 Å². The number of hydrogen-bond donors (Lipinski definition) is 1. The molecule has 0 bridgehead atoms. The minimum Gasteiger partial charge on any atom is -0.375 e. The Kier molecular flexibility index (Phi) is 3.10. The summed E-state index contributed by atoms with van der Waals surface area (Å²) < 4.78 is 7.10. The number of nitrogen functional groups attached to an aromatic ring is 1. The molecule has 0 unspecified atom stereocenters. The molecule has 1 aromatic rings. The van der Waals surface area contributed by atoms with E-state index < -0.39 is 0 Å². The van der Waals surface area contributed by atoms with Crippen LogP contribution in [0, 0.1) is 0 Å². The Balaban J connectivity index is 2.62. The molecule has 0 aliphatic rings. The number of anilines is 1. The molecule has 4 heteroatoms. The van der Waals surface area contributed by atoms with Crippen LogP contribution in [0.25, 0.3) is 0 Å². The number of rotatable bonds is 4. The van der Waals surface area contributed by atoms with Crippen molar-refractivity contribution in [1.29, 1.82) is 0 Å². The van der Waals surface area contributed by atoms with E-state index in [-0.39, 0.29) is 0 Å². The largest absolute Gasteiger partial charge is 0.375 e. The zero-order chi connectivity index (χ0) is 8.97. The molecule has 0 saturated carbocycles. The van der Waals surface area contributed by atoms with Crippen molar-refractivity contribution < 1.29 is 4.74 Å². The van der Waals surface area contributed by atoms with Crippen molar-refractivity contribution in [1.82, 2.24) is 9.55 Å². The summed E-state index contributed by atoms with van der Waals surface area (Å²) in [5.41, 5.74) is 6.52. The second kappa shape index (κ2) is 4.11. The molecule has 0 fully saturated rings. The number of aryl methyl sites for hydroxylation is 1. The van der Waals surface area contributed by atoms with E-state index in [0.717, 1.165) is 12.2 Å². The summed E-state index contributed by atoms with van der Waals surface area (Å²) >= 11 is 0. The van der Waals surface area contributed by atoms with Gasteiger partial charge in [-0.2, -0.15) is 0 Å². The number of hydrogen-bond acceptors (Lipinski definition) is 3. The van der Waals surface area contributed by atoms with Crippen molar-refractivity contribution in [3.05, 3.63) is 11.9 Å². The molecule has 0 saturated heterocycles. The first-order valence-corrected chi connectivity index (χ1v) is 4.17. The Hall–Kier alpha value is -1.03. The molecule has 0 atom stereocenters. The maximum atomic E-state index is 5.62. The fourth-order valence-electron chi connectivity index (χ4n) is 1.02. The maximum absolute atomic E-state index is 5.62. The van der Waals surface area contributed by atoms with Gasteiger partial charge >= 0.3 is 0 Å². The number of aromatic nitrogens is 2. The average Bonchev–Trinajstić information content (AvgIpc) is 2.43. The van der Waals surface area contributed by atoms with Crippen LogP contribution >= 0.6 is 0 Å². The van der Waals surface area contributed by atoms with E-state index in [1.54, 1.807) is 0 Å². The smallest absolute Gasteiger partial charge is 0.200 e. The van der Waals surface area contributed by atoms with Crippen LogP contribution in [0.4, 0.5) is 5.95 Å². The molecule has 4 nitrogen and oxygen atoms in total. The van der Waals surface area contributed by atoms with Crippen LogP contribution in [0.15, 0.2) is 6.20 Å². The topological polar surface area (TPSA) is 53.1 Å². The van der Waals surface area contributed by atoms with Crippen LogP contribution < -0.4 is 5.73 Å². The predicted octanol–water partition coefficient (Wildman–Crippen LogP) is 1.02. The van der Waals surface area contributed by atoms with Crippen molar-refractivity contribution in [2.75, 3.05) is 12.3 Å². The quantitative estimate of drug-likeness (QED) is 0.732. The van der Waals surface area contributed by atoms with Crippen molar-refractivity contribution in [2.24, 2.45) is 0 Å². The van der Waals surface area contributed by atoms with Gasteiger partial charge in [-0.15, -0.1) is 0 Å². The summed E-state index contributed by atoms with van der Waals surface area (Å²) in [5, 5.41) is 0. The van der Waals surface area contributed by atoms with Crippen molar-refractivity contribution in [2.45, 2.75) is 27.0 Å². The van der Waals surface area contributed by atoms with Gasteiger partial charge in [0.1, 0.15) is 0 Å². The van der Waals surface area contributed by atoms with Gasteiger partial charge in [0, 0.05) is 19.3 Å². The van der Waals surface area contributed by atoms with Crippen LogP contribution in [0.2, 0.25) is 0 Å². The Bertz CT molecular complexity index is 244. The van der Waals surface area contributed by atoms with E-state index >= 15 is 0 Å². The third kappa shape index (κ3) is 1.98. The second-order valence-corrected chi connectivity index (χ2v) is 2.51. The first-order chi connectivity index (χ1) is 5.77. The highest BCUT2D eigenvalue weighted by Gasteiger charge is 2.01. The monoisotopic (exact) mass is 169 g/mol. The van der Waals surface area contributed by atoms with Gasteiger partial charge < -0.3 is 15.0 Å². The van der Waals surface area contributed by atoms with E-state index in [1.165, 1.54) is 0 Å². The minimum absolute atomic E-state index is 0.549. The lowest BCUT2D eigenvalue weighted by Crippen LogP contribution is -1.98. The lowest BCUT2D eigenvalue weighted by molar-refractivity contribution is 0.131. The van der Waals surface area contributed by atoms with E-state index in [9.17, 15) is 0 Å². The van der Waals surface area contributed by atoms with E-state index in [0.29, 0.717) is 19.2 Å². The SMILES string of the molecule is CCOCc1cn(CC)c(N)n1. The molecule has 68 valence electrons. The van der Waals surface area contributed by atoms with Crippen molar-refractivity contribution in [3.8, 4) is 0 Å². The summed E-state index contributed by atoms with van der Waals surface area (Å²) in [7, 11) is 0. The number of nitrogens with two attached hydrogens (primary N) is 1. The molecular weight excluding hydrogens is 154 g/mol. The Morgan fingerprint density at radius 2 is 2.33 bits per heavy atom. The first kappa shape index (κ1) is 9.06. The molecule has 0 aliphatic heterocycles. The standard InChI is InChI=1S/C8H15N3O/c1-3-11-5-7(6-12-4-2)10-8(11)9/h5H,3-4,6H2,1-2H3,(H2,9,10). The molecule has 12 heavy (non-hydrogen) atoms. The highest BCUT2D eigenvalue weighted by atomic mass is 16.5. The zero-order valence-corrected chi connectivity index (χ0v) is 7.58. The molecular formula is C8H15N3O. The summed E-state index contributed by atoms with van der Waals surface area (Å²) in [4.78, 5) is 4.13. The lowest BCUT2D eigenvalue weighted by Gasteiger charge is -1.95. The Morgan fingerprint density at radius 1 is 1.58 bits per heavy atom. The van der Waals surface area contributed by atoms with Gasteiger partial charge in [0.25, 0.3) is 0 Å². The predicted molar refractivity (Wildman–Crippen MR) is 47.6 cm³/mol. The van der Waals surface area contributed by atoms with E-state index in [4.69, 9.17) is 10.5 Å². The number of nitrogens with zero attached hydrogens (tertiary/aromatic N) is 2. The van der Waals surface area contributed by atoms with Crippen LogP contribution in [0.1, 0.15) is 19.5 Å². The molecule has 1 heterocycles. The molecule has 2 N–H and O–H groups in total. The average molecular weight is 169 g/mol. The summed E-state index contributed by atoms with van der Waals surface area (Å²) in [6, 6.07) is 0. The van der Waals surface area contributed by atoms with Crippen molar-refractivity contribution >= 4 is 5.95 Å². The van der Waals surface area contributed by atoms with Gasteiger partial charge in [-0.3, -0.25) is 0 Å². The fourth-order valence-corrected chi connectivity index (χ4v) is 1.02. The van der Waals surface area contributed by atoms with E-state index in [1.807, 2.05) is 24.6 Å². The normalized spacial score (nSPS) is 10.5. The van der Waals surface area contributed by atoms with Gasteiger partial charge in [-0.1, -0.05) is 0 Å². The van der Waals surface area contributed by atoms with Crippen LogP contribution in [0.5, 0.6) is 0 Å². The molecule has 0 aromatic carbocycles. The zero-order valence-electron chi connectivity index (χ0n) is 7.58. The highest BCUT2D eigenvalue weighted by molar-refractivity contribution is 5.21. The van der Waals surface area contributed by atoms with Crippen LogP contribution in [0.3, 0.4) is 0 Å². The summed E-state index contributed by atoms with van der Waals surface area (Å²) in [5.74, 6) is 0.562. The molecule has 0 aliphatic carbocycles. The third-order valence-electron chi connectivity index (χ3n) is 1.65. The number of ether oxygens (including phenoxy) is 1. The minimum atomic E-state index is 0.549. The molecule has 0 radical (unpaired) electrons. The second-order valence-electron chi connectivity index (χ2n) is 2.51. The first-order valence-electron chi connectivity index (χ1n) is 4.17. The Labute approximate surface area is 72.3 Å². The molecule has 0 amide bonds. The van der Waals surface area contributed by atoms with Gasteiger partial charge in [-0.25, -0.2) is 4.98 Å². The van der Waals surface area contributed by atoms with Gasteiger partial charge in [0.15, 0.2) is 5.95 Å². The number of imidazole rings is 1. The lowest BCUT2D eigenvalue weighted by atomic mass is 10.5. The van der Waals surface area contributed by atoms with Crippen molar-refractivity contribution in [3.63, 3.8) is 0 Å². The maximum Gasteiger partial charge on any atom is 0.200 e. The highest BCUT2D eigenvalue weighted by Crippen LogP contribution is 2.05. The van der Waals surface area contributed by atoms with Gasteiger partial charge in [0.05, 0.1) is 12.3 Å². The van der Waals surface area contributed by atoms with Crippen LogP contribution in [-0.2, 0) is 17.9 Å². The van der Waals surface area contributed by atoms with Gasteiger partial charge in [0.2, 0.25) is 0 Å². The Morgan fingerprint density at radius 3 is 2.83 bits per heavy atom. The van der Waals surface area contributed by atoms with E-state index in [2.05, 4.69) is 4.98 Å². The molecule has 1 rings (SSSR count).